The predicted molar refractivity (Wildman–Crippen MR) is 140 cm³/mol. The zero-order valence-corrected chi connectivity index (χ0v) is 20.9. The van der Waals surface area contributed by atoms with Crippen LogP contribution < -0.4 is 20.7 Å². The lowest BCUT2D eigenvalue weighted by molar-refractivity contribution is 0.100. The molecule has 2 heterocycles. The average molecular weight is 494 g/mol. The summed E-state index contributed by atoms with van der Waals surface area (Å²) in [5.74, 6) is 0.984. The summed E-state index contributed by atoms with van der Waals surface area (Å²) >= 11 is 6.46. The minimum Gasteiger partial charge on any atom is -0.495 e. The second-order valence-electron chi connectivity index (χ2n) is 8.40. The van der Waals surface area contributed by atoms with Crippen molar-refractivity contribution in [2.45, 2.75) is 0 Å². The highest BCUT2D eigenvalue weighted by atomic mass is 35.5. The molecule has 0 atom stereocenters. The van der Waals surface area contributed by atoms with E-state index in [1.54, 1.807) is 17.9 Å². The van der Waals surface area contributed by atoms with Crippen molar-refractivity contribution in [2.24, 2.45) is 5.73 Å². The molecular formula is C25H28ClN7O2. The Balaban J connectivity index is 1.66. The molecule has 10 heteroatoms. The Kier molecular flexibility index (Phi) is 7.09. The molecule has 3 N–H and O–H groups in total. The van der Waals surface area contributed by atoms with Crippen molar-refractivity contribution >= 4 is 45.7 Å². The molecular weight excluding hydrogens is 466 g/mol. The first-order valence-corrected chi connectivity index (χ1v) is 11.4. The van der Waals surface area contributed by atoms with Gasteiger partial charge in [0.2, 0.25) is 5.95 Å². The topological polar surface area (TPSA) is 102 Å². The van der Waals surface area contributed by atoms with Crippen LogP contribution in [0.4, 0.5) is 17.3 Å². The summed E-state index contributed by atoms with van der Waals surface area (Å²) < 4.78 is 7.38. The number of fused-ring (bicyclic) bond motifs is 1. The van der Waals surface area contributed by atoms with Gasteiger partial charge in [-0.1, -0.05) is 29.8 Å². The maximum atomic E-state index is 12.0. The summed E-state index contributed by atoms with van der Waals surface area (Å²) in [6.07, 6.45) is 3.16. The van der Waals surface area contributed by atoms with Crippen LogP contribution in [0.3, 0.4) is 0 Å². The van der Waals surface area contributed by atoms with Crippen LogP contribution in [0.1, 0.15) is 10.4 Å². The third-order valence-corrected chi connectivity index (χ3v) is 5.93. The summed E-state index contributed by atoms with van der Waals surface area (Å²) in [7, 11) is 7.77. The van der Waals surface area contributed by atoms with Crippen LogP contribution in [0, 0.1) is 0 Å². The van der Waals surface area contributed by atoms with Crippen LogP contribution in [0.15, 0.2) is 54.9 Å². The summed E-state index contributed by atoms with van der Waals surface area (Å²) in [5, 5.41) is 4.28. The van der Waals surface area contributed by atoms with Gasteiger partial charge in [-0.15, -0.1) is 0 Å². The second-order valence-corrected chi connectivity index (χ2v) is 8.80. The quantitative estimate of drug-likeness (QED) is 0.364. The standard InChI is InChI=1S/C25H28ClN7O2/c1-31(2)11-12-32(3)21-10-9-16(13-22(21)35-4)29-25-28-14-19(26)24(30-25)33-15-18(23(27)34)17-7-5-6-8-20(17)33/h5-10,13-15H,11-12H2,1-4H3,(H2,27,34)(H,28,29,30). The number of aromatic nitrogens is 3. The first kappa shape index (κ1) is 24.3. The molecule has 2 aromatic heterocycles. The molecule has 0 aliphatic rings. The lowest BCUT2D eigenvalue weighted by Gasteiger charge is -2.24. The number of hydrogen-bond donors (Lipinski definition) is 2. The Bertz CT molecular complexity index is 1370. The molecule has 0 bridgehead atoms. The highest BCUT2D eigenvalue weighted by Crippen LogP contribution is 2.32. The van der Waals surface area contributed by atoms with E-state index in [9.17, 15) is 4.79 Å². The van der Waals surface area contributed by atoms with E-state index < -0.39 is 5.91 Å². The van der Waals surface area contributed by atoms with Crippen LogP contribution in [0.2, 0.25) is 5.02 Å². The van der Waals surface area contributed by atoms with Crippen molar-refractivity contribution in [3.63, 3.8) is 0 Å². The fraction of sp³-hybridized carbons (Fsp3) is 0.240. The first-order valence-electron chi connectivity index (χ1n) is 11.0. The molecule has 35 heavy (non-hydrogen) atoms. The number of nitrogens with one attached hydrogen (secondary N) is 1. The number of halogens is 1. The van der Waals surface area contributed by atoms with Gasteiger partial charge >= 0.3 is 0 Å². The molecule has 4 aromatic rings. The number of methoxy groups -OCH3 is 1. The van der Waals surface area contributed by atoms with E-state index in [1.165, 1.54) is 6.20 Å². The monoisotopic (exact) mass is 493 g/mol. The van der Waals surface area contributed by atoms with Gasteiger partial charge in [-0.05, 0) is 32.3 Å². The minimum atomic E-state index is -0.522. The summed E-state index contributed by atoms with van der Waals surface area (Å²) in [6.45, 7) is 1.78. The number of nitrogens with zero attached hydrogens (tertiary/aromatic N) is 5. The Morgan fingerprint density at radius 2 is 1.94 bits per heavy atom. The van der Waals surface area contributed by atoms with E-state index in [1.807, 2.05) is 63.6 Å². The van der Waals surface area contributed by atoms with Crippen molar-refractivity contribution in [3.05, 3.63) is 65.4 Å². The van der Waals surface area contributed by atoms with Gasteiger partial charge in [0.15, 0.2) is 5.82 Å². The smallest absolute Gasteiger partial charge is 0.250 e. The Labute approximate surface area is 209 Å². The molecule has 0 fully saturated rings. The number of carbonyl (C=O) groups is 1. The fourth-order valence-corrected chi connectivity index (χ4v) is 3.99. The van der Waals surface area contributed by atoms with Crippen LogP contribution in [0.5, 0.6) is 5.75 Å². The highest BCUT2D eigenvalue weighted by Gasteiger charge is 2.17. The number of hydrogen-bond acceptors (Lipinski definition) is 7. The Morgan fingerprint density at radius 1 is 1.17 bits per heavy atom. The number of benzene rings is 2. The molecule has 9 nitrogen and oxygen atoms in total. The number of likely N-dealkylation sites (N-methyl/N-ethyl adjacent to an activating group) is 2. The van der Waals surface area contributed by atoms with Crippen LogP contribution >= 0.6 is 11.6 Å². The average Bonchev–Trinajstić information content (AvgIpc) is 3.23. The van der Waals surface area contributed by atoms with Gasteiger partial charge in [-0.3, -0.25) is 9.36 Å². The largest absolute Gasteiger partial charge is 0.495 e. The van der Waals surface area contributed by atoms with Crippen molar-refractivity contribution in [2.75, 3.05) is 51.6 Å². The number of nitrogens with two attached hydrogens (primary N) is 1. The van der Waals surface area contributed by atoms with Gasteiger partial charge in [-0.2, -0.15) is 4.98 Å². The summed E-state index contributed by atoms with van der Waals surface area (Å²) in [4.78, 5) is 25.2. The molecule has 0 aliphatic heterocycles. The van der Waals surface area contributed by atoms with Gasteiger partial charge in [0.05, 0.1) is 30.1 Å². The number of anilines is 3. The number of amides is 1. The maximum absolute atomic E-state index is 12.0. The maximum Gasteiger partial charge on any atom is 0.250 e. The van der Waals surface area contributed by atoms with Crippen molar-refractivity contribution < 1.29 is 9.53 Å². The van der Waals surface area contributed by atoms with Gasteiger partial charge in [0.25, 0.3) is 5.91 Å². The van der Waals surface area contributed by atoms with Crippen LogP contribution in [-0.2, 0) is 0 Å². The fourth-order valence-electron chi connectivity index (χ4n) is 3.81. The van der Waals surface area contributed by atoms with E-state index in [-0.39, 0.29) is 0 Å². The van der Waals surface area contributed by atoms with E-state index in [0.717, 1.165) is 41.1 Å². The van der Waals surface area contributed by atoms with E-state index in [0.29, 0.717) is 22.4 Å². The minimum absolute atomic E-state index is 0.336. The summed E-state index contributed by atoms with van der Waals surface area (Å²) in [6, 6.07) is 13.3. The van der Waals surface area contributed by atoms with E-state index in [4.69, 9.17) is 22.1 Å². The number of carbonyl (C=O) groups excluding carboxylic acids is 1. The molecule has 1 amide bonds. The second kappa shape index (κ2) is 10.2. The lowest BCUT2D eigenvalue weighted by atomic mass is 10.2. The number of primary amides is 1. The highest BCUT2D eigenvalue weighted by molar-refractivity contribution is 6.32. The van der Waals surface area contributed by atoms with E-state index in [2.05, 4.69) is 25.1 Å². The molecule has 0 saturated carbocycles. The number of ether oxygens (including phenoxy) is 1. The number of para-hydroxylation sites is 1. The van der Waals surface area contributed by atoms with Crippen molar-refractivity contribution in [1.29, 1.82) is 0 Å². The molecule has 0 spiro atoms. The lowest BCUT2D eigenvalue weighted by Crippen LogP contribution is -2.28. The van der Waals surface area contributed by atoms with Gasteiger partial charge in [0.1, 0.15) is 10.8 Å². The Morgan fingerprint density at radius 3 is 2.66 bits per heavy atom. The molecule has 0 saturated heterocycles. The normalized spacial score (nSPS) is 11.1. The van der Waals surface area contributed by atoms with Crippen LogP contribution in [0.25, 0.3) is 16.7 Å². The van der Waals surface area contributed by atoms with Gasteiger partial charge in [-0.25, -0.2) is 4.98 Å². The van der Waals surface area contributed by atoms with Crippen molar-refractivity contribution in [3.8, 4) is 11.6 Å². The molecule has 2 aromatic carbocycles. The SMILES string of the molecule is COc1cc(Nc2ncc(Cl)c(-n3cc(C(N)=O)c4ccccc43)n2)ccc1N(C)CCN(C)C. The molecule has 182 valence electrons. The van der Waals surface area contributed by atoms with Crippen molar-refractivity contribution in [1.82, 2.24) is 19.4 Å². The molecule has 0 aliphatic carbocycles. The zero-order chi connectivity index (χ0) is 25.1. The summed E-state index contributed by atoms with van der Waals surface area (Å²) in [5.41, 5.74) is 8.48. The molecule has 4 rings (SSSR count). The predicted octanol–water partition coefficient (Wildman–Crippen LogP) is 3.92. The van der Waals surface area contributed by atoms with Gasteiger partial charge in [0, 0.05) is 43.5 Å². The van der Waals surface area contributed by atoms with Crippen LogP contribution in [-0.4, -0.2) is 66.7 Å². The molecule has 0 radical (unpaired) electrons. The third kappa shape index (κ3) is 5.16. The molecule has 0 unspecified atom stereocenters. The Hall–Kier alpha value is -3.82. The van der Waals surface area contributed by atoms with E-state index >= 15 is 0 Å². The zero-order valence-electron chi connectivity index (χ0n) is 20.1. The third-order valence-electron chi connectivity index (χ3n) is 5.66. The van der Waals surface area contributed by atoms with Gasteiger partial charge < -0.3 is 25.6 Å². The first-order chi connectivity index (χ1) is 16.8. The number of rotatable bonds is 9.